The van der Waals surface area contributed by atoms with E-state index in [0.29, 0.717) is 0 Å². The number of methoxy groups -OCH3 is 1. The summed E-state index contributed by atoms with van der Waals surface area (Å²) in [6.07, 6.45) is -0.968. The second-order valence-electron chi connectivity index (χ2n) is 3.36. The number of rotatable bonds is 5. The van der Waals surface area contributed by atoms with Crippen LogP contribution in [0.3, 0.4) is 0 Å². The van der Waals surface area contributed by atoms with Crippen molar-refractivity contribution in [2.24, 2.45) is 0 Å². The first kappa shape index (κ1) is 14.2. The molecule has 0 fully saturated rings. The largest absolute Gasteiger partial charge is 0.500 e. The summed E-state index contributed by atoms with van der Waals surface area (Å²) < 4.78 is 4.58. The minimum absolute atomic E-state index is 0.479. The van der Waals surface area contributed by atoms with Crippen molar-refractivity contribution in [1.29, 1.82) is 0 Å². The van der Waals surface area contributed by atoms with Crippen LogP contribution in [0.5, 0.6) is 11.5 Å². The molecule has 0 saturated heterocycles. The first-order valence-corrected chi connectivity index (χ1v) is 4.73. The van der Waals surface area contributed by atoms with Crippen LogP contribution in [-0.2, 0) is 11.2 Å². The summed E-state index contributed by atoms with van der Waals surface area (Å²) in [4.78, 5) is 30.2. The van der Waals surface area contributed by atoms with E-state index in [-0.39, 0.29) is 0 Å². The second kappa shape index (κ2) is 5.16. The number of carboxylic acid groups (broad SMARTS) is 1. The van der Waals surface area contributed by atoms with Gasteiger partial charge in [0.05, 0.1) is 29.4 Å². The molecule has 0 unspecified atom stereocenters. The number of aliphatic carboxylic acids is 1. The predicted molar refractivity (Wildman–Crippen MR) is 59.3 cm³/mol. The standard InChI is InChI=1S/C9H8N2O8/c1-19-6-3-5(10(15)16)4(2-7(12)13)8(9(6)14)11(17)18/h3,14H,2H2,1H3,(H,12,13). The fourth-order valence-corrected chi connectivity index (χ4v) is 1.50. The molecule has 0 atom stereocenters. The molecular formula is C9H8N2O8. The highest BCUT2D eigenvalue weighted by Crippen LogP contribution is 2.43. The first-order valence-electron chi connectivity index (χ1n) is 4.73. The number of hydrogen-bond donors (Lipinski definition) is 2. The van der Waals surface area contributed by atoms with Crippen molar-refractivity contribution in [3.63, 3.8) is 0 Å². The average Bonchev–Trinajstić information content (AvgIpc) is 2.27. The van der Waals surface area contributed by atoms with Crippen LogP contribution in [-0.4, -0.2) is 33.1 Å². The van der Waals surface area contributed by atoms with Gasteiger partial charge in [0, 0.05) is 0 Å². The molecule has 1 aromatic carbocycles. The molecular weight excluding hydrogens is 264 g/mol. The molecule has 0 spiro atoms. The van der Waals surface area contributed by atoms with Crippen molar-refractivity contribution in [2.45, 2.75) is 6.42 Å². The van der Waals surface area contributed by atoms with E-state index in [1.165, 1.54) is 0 Å². The Hall–Kier alpha value is -2.91. The van der Waals surface area contributed by atoms with E-state index in [0.717, 1.165) is 13.2 Å². The van der Waals surface area contributed by atoms with E-state index >= 15 is 0 Å². The van der Waals surface area contributed by atoms with Crippen LogP contribution in [0.25, 0.3) is 0 Å². The Morgan fingerprint density at radius 3 is 2.32 bits per heavy atom. The summed E-state index contributed by atoms with van der Waals surface area (Å²) >= 11 is 0. The summed E-state index contributed by atoms with van der Waals surface area (Å²) in [5, 5.41) is 39.9. The van der Waals surface area contributed by atoms with Crippen LogP contribution in [0, 0.1) is 20.2 Å². The number of carbonyl (C=O) groups is 1. The SMILES string of the molecule is COc1cc([N+](=O)[O-])c(CC(=O)O)c([N+](=O)[O-])c1O. The lowest BCUT2D eigenvalue weighted by atomic mass is 10.1. The van der Waals surface area contributed by atoms with Gasteiger partial charge in [0.25, 0.3) is 5.69 Å². The van der Waals surface area contributed by atoms with Crippen molar-refractivity contribution >= 4 is 17.3 Å². The molecule has 0 radical (unpaired) electrons. The van der Waals surface area contributed by atoms with Crippen LogP contribution in [0.4, 0.5) is 11.4 Å². The molecule has 10 nitrogen and oxygen atoms in total. The van der Waals surface area contributed by atoms with Gasteiger partial charge in [-0.25, -0.2) is 0 Å². The molecule has 0 aliphatic rings. The van der Waals surface area contributed by atoms with Gasteiger partial charge in [-0.2, -0.15) is 0 Å². The third-order valence-corrected chi connectivity index (χ3v) is 2.25. The smallest absolute Gasteiger partial charge is 0.325 e. The first-order chi connectivity index (χ1) is 8.79. The minimum atomic E-state index is -1.50. The number of hydrogen-bond acceptors (Lipinski definition) is 7. The van der Waals surface area contributed by atoms with E-state index in [1.807, 2.05) is 0 Å². The number of benzene rings is 1. The van der Waals surface area contributed by atoms with Gasteiger partial charge in [-0.1, -0.05) is 0 Å². The third-order valence-electron chi connectivity index (χ3n) is 2.25. The topological polar surface area (TPSA) is 153 Å². The Balaban J connectivity index is 3.71. The van der Waals surface area contributed by atoms with Gasteiger partial charge in [-0.05, 0) is 0 Å². The third kappa shape index (κ3) is 2.68. The van der Waals surface area contributed by atoms with Gasteiger partial charge in [0.1, 0.15) is 5.56 Å². The van der Waals surface area contributed by atoms with Crippen molar-refractivity contribution in [2.75, 3.05) is 7.11 Å². The van der Waals surface area contributed by atoms with Gasteiger partial charge in [0.2, 0.25) is 5.75 Å². The highest BCUT2D eigenvalue weighted by atomic mass is 16.6. The molecule has 2 N–H and O–H groups in total. The number of aromatic hydroxyl groups is 1. The van der Waals surface area contributed by atoms with Crippen molar-refractivity contribution in [1.82, 2.24) is 0 Å². The number of carboxylic acids is 1. The maximum atomic E-state index is 10.8. The molecule has 0 amide bonds. The number of nitro groups is 2. The molecule has 0 heterocycles. The normalized spacial score (nSPS) is 9.95. The molecule has 0 aliphatic carbocycles. The predicted octanol–water partition coefficient (Wildman–Crippen LogP) is 0.844. The van der Waals surface area contributed by atoms with E-state index in [9.17, 15) is 30.1 Å². The van der Waals surface area contributed by atoms with E-state index < -0.39 is 50.7 Å². The van der Waals surface area contributed by atoms with Gasteiger partial charge < -0.3 is 14.9 Å². The summed E-state index contributed by atoms with van der Waals surface area (Å²) in [5.41, 5.74) is -2.54. The lowest BCUT2D eigenvalue weighted by Gasteiger charge is -2.07. The fraction of sp³-hybridized carbons (Fsp3) is 0.222. The lowest BCUT2D eigenvalue weighted by molar-refractivity contribution is -0.396. The van der Waals surface area contributed by atoms with Crippen LogP contribution in [0.1, 0.15) is 5.56 Å². The average molecular weight is 272 g/mol. The monoisotopic (exact) mass is 272 g/mol. The summed E-state index contributed by atoms with van der Waals surface area (Å²) in [6.45, 7) is 0. The Bertz CT molecular complexity index is 568. The Morgan fingerprint density at radius 1 is 1.37 bits per heavy atom. The highest BCUT2D eigenvalue weighted by molar-refractivity contribution is 5.78. The Labute approximate surface area is 105 Å². The highest BCUT2D eigenvalue weighted by Gasteiger charge is 2.33. The molecule has 10 heteroatoms. The number of nitrogens with zero attached hydrogens (tertiary/aromatic N) is 2. The van der Waals surface area contributed by atoms with Gasteiger partial charge in [-0.15, -0.1) is 0 Å². The minimum Gasteiger partial charge on any atom is -0.500 e. The maximum absolute atomic E-state index is 10.8. The Morgan fingerprint density at radius 2 is 1.95 bits per heavy atom. The van der Waals surface area contributed by atoms with Crippen LogP contribution in [0.2, 0.25) is 0 Å². The zero-order chi connectivity index (χ0) is 14.7. The second-order valence-corrected chi connectivity index (χ2v) is 3.36. The molecule has 0 saturated carbocycles. The molecule has 19 heavy (non-hydrogen) atoms. The van der Waals surface area contributed by atoms with Crippen LogP contribution >= 0.6 is 0 Å². The Kier molecular flexibility index (Phi) is 3.85. The zero-order valence-electron chi connectivity index (χ0n) is 9.52. The number of phenols is 1. The summed E-state index contributed by atoms with van der Waals surface area (Å²) in [5.74, 6) is -2.93. The molecule has 0 aromatic heterocycles. The van der Waals surface area contributed by atoms with E-state index in [4.69, 9.17) is 5.11 Å². The zero-order valence-corrected chi connectivity index (χ0v) is 9.52. The van der Waals surface area contributed by atoms with Crippen LogP contribution in [0.15, 0.2) is 6.07 Å². The van der Waals surface area contributed by atoms with Gasteiger partial charge >= 0.3 is 11.7 Å². The molecule has 0 aliphatic heterocycles. The van der Waals surface area contributed by atoms with Crippen molar-refractivity contribution in [3.8, 4) is 11.5 Å². The van der Waals surface area contributed by atoms with Gasteiger partial charge in [-0.3, -0.25) is 25.0 Å². The van der Waals surface area contributed by atoms with Crippen molar-refractivity contribution in [3.05, 3.63) is 31.9 Å². The number of phenolic OH excluding ortho intramolecular Hbond substituents is 1. The molecule has 1 rings (SSSR count). The van der Waals surface area contributed by atoms with Crippen LogP contribution < -0.4 is 4.74 Å². The maximum Gasteiger partial charge on any atom is 0.325 e. The number of ether oxygens (including phenoxy) is 1. The fourth-order valence-electron chi connectivity index (χ4n) is 1.50. The molecule has 1 aromatic rings. The molecule has 0 bridgehead atoms. The summed E-state index contributed by atoms with van der Waals surface area (Å²) in [7, 11) is 1.05. The summed E-state index contributed by atoms with van der Waals surface area (Å²) in [6, 6.07) is 0.737. The lowest BCUT2D eigenvalue weighted by Crippen LogP contribution is -2.08. The quantitative estimate of drug-likeness (QED) is 0.590. The molecule has 102 valence electrons. The number of nitro benzene ring substituents is 2. The van der Waals surface area contributed by atoms with Crippen molar-refractivity contribution < 1.29 is 29.6 Å². The van der Waals surface area contributed by atoms with E-state index in [1.54, 1.807) is 0 Å². The van der Waals surface area contributed by atoms with Gasteiger partial charge in [0.15, 0.2) is 5.75 Å². The van der Waals surface area contributed by atoms with E-state index in [2.05, 4.69) is 4.74 Å².